The van der Waals surface area contributed by atoms with Gasteiger partial charge < -0.3 is 15.0 Å². The number of carbonyl (C=O) groups excluding carboxylic acids is 2. The van der Waals surface area contributed by atoms with Crippen LogP contribution in [0, 0.1) is 11.6 Å². The highest BCUT2D eigenvalue weighted by Gasteiger charge is 2.35. The molecular weight excluding hydrogens is 524 g/mol. The number of nitrogens with zero attached hydrogens (tertiary/aromatic N) is 4. The summed E-state index contributed by atoms with van der Waals surface area (Å²) in [5, 5.41) is 1.92. The second-order valence-corrected chi connectivity index (χ2v) is 9.94. The topological polar surface area (TPSA) is 124 Å². The van der Waals surface area contributed by atoms with Crippen LogP contribution in [0.1, 0.15) is 0 Å². The van der Waals surface area contributed by atoms with E-state index in [0.29, 0.717) is 0 Å². The van der Waals surface area contributed by atoms with Crippen LogP contribution in [0.2, 0.25) is 0 Å². The zero-order valence-electron chi connectivity index (χ0n) is 19.1. The Hall–Kier alpha value is -3.50. The second-order valence-electron chi connectivity index (χ2n) is 8.08. The van der Waals surface area contributed by atoms with Crippen molar-refractivity contribution >= 4 is 33.4 Å². The first-order valence-electron chi connectivity index (χ1n) is 11.0. The fourth-order valence-corrected chi connectivity index (χ4v) is 5.19. The minimum atomic E-state index is -3.94. The number of anilines is 2. The van der Waals surface area contributed by atoms with Crippen molar-refractivity contribution in [2.45, 2.75) is 17.4 Å². The van der Waals surface area contributed by atoms with Crippen molar-refractivity contribution in [2.75, 3.05) is 49.1 Å². The third-order valence-electron chi connectivity index (χ3n) is 5.67. The molecule has 0 spiro atoms. The van der Waals surface area contributed by atoms with Crippen molar-refractivity contribution in [3.8, 4) is 0 Å². The average molecular weight is 547 g/mol. The van der Waals surface area contributed by atoms with E-state index in [1.54, 1.807) is 0 Å². The number of ether oxygens (including phenoxy) is 1. The van der Waals surface area contributed by atoms with Crippen LogP contribution in [0.4, 0.5) is 33.7 Å². The van der Waals surface area contributed by atoms with Crippen molar-refractivity contribution in [1.29, 1.82) is 0 Å². The SMILES string of the molecule is O=C(NC[C@H]1CN(c2cc(F)c(N3CCNN(S(=O)(=O)c4cccnc4)CC3)c(F)c2)C(=O)O1)C(F)F. The predicted octanol–water partition coefficient (Wildman–Crippen LogP) is 1.08. The molecule has 2 N–H and O–H groups in total. The van der Waals surface area contributed by atoms with E-state index in [0.717, 1.165) is 21.4 Å². The summed E-state index contributed by atoms with van der Waals surface area (Å²) in [6.07, 6.45) is -2.57. The molecule has 200 valence electrons. The summed E-state index contributed by atoms with van der Waals surface area (Å²) >= 11 is 0. The maximum absolute atomic E-state index is 15.1. The minimum Gasteiger partial charge on any atom is -0.442 e. The molecule has 0 saturated carbocycles. The number of aromatic nitrogens is 1. The molecule has 2 fully saturated rings. The molecule has 16 heteroatoms. The Labute approximate surface area is 209 Å². The van der Waals surface area contributed by atoms with E-state index < -0.39 is 58.4 Å². The summed E-state index contributed by atoms with van der Waals surface area (Å²) < 4.78 is 86.4. The molecule has 3 heterocycles. The molecule has 0 unspecified atom stereocenters. The van der Waals surface area contributed by atoms with Crippen LogP contribution in [-0.2, 0) is 19.6 Å². The van der Waals surface area contributed by atoms with E-state index in [1.807, 2.05) is 5.32 Å². The summed E-state index contributed by atoms with van der Waals surface area (Å²) in [6, 6.07) is 4.69. The van der Waals surface area contributed by atoms with Crippen LogP contribution in [0.25, 0.3) is 0 Å². The number of alkyl halides is 2. The number of rotatable bonds is 7. The highest BCUT2D eigenvalue weighted by Crippen LogP contribution is 2.31. The van der Waals surface area contributed by atoms with Crippen molar-refractivity contribution in [3.63, 3.8) is 0 Å². The van der Waals surface area contributed by atoms with E-state index in [9.17, 15) is 26.8 Å². The van der Waals surface area contributed by atoms with Crippen LogP contribution in [0.5, 0.6) is 0 Å². The summed E-state index contributed by atoms with van der Waals surface area (Å²) in [5.41, 5.74) is 2.17. The first-order valence-corrected chi connectivity index (χ1v) is 12.5. The van der Waals surface area contributed by atoms with E-state index in [2.05, 4.69) is 10.4 Å². The van der Waals surface area contributed by atoms with E-state index in [-0.39, 0.29) is 43.3 Å². The fraction of sp³-hybridized carbons (Fsp3) is 0.381. The second kappa shape index (κ2) is 10.9. The lowest BCUT2D eigenvalue weighted by Gasteiger charge is -2.25. The number of cyclic esters (lactones) is 1. The Kier molecular flexibility index (Phi) is 7.79. The van der Waals surface area contributed by atoms with Crippen molar-refractivity contribution in [2.24, 2.45) is 0 Å². The lowest BCUT2D eigenvalue weighted by Crippen LogP contribution is -2.43. The normalized spacial score (nSPS) is 19.2. The molecule has 0 aliphatic carbocycles. The molecule has 1 aromatic carbocycles. The molecule has 2 saturated heterocycles. The molecule has 4 rings (SSSR count). The Morgan fingerprint density at radius 1 is 1.22 bits per heavy atom. The number of amides is 2. The zero-order valence-corrected chi connectivity index (χ0v) is 19.9. The number of hydrogen-bond donors (Lipinski definition) is 2. The van der Waals surface area contributed by atoms with Gasteiger partial charge >= 0.3 is 12.5 Å². The van der Waals surface area contributed by atoms with Gasteiger partial charge in [-0.3, -0.25) is 14.7 Å². The smallest absolute Gasteiger partial charge is 0.414 e. The van der Waals surface area contributed by atoms with Crippen molar-refractivity contribution in [1.82, 2.24) is 20.1 Å². The highest BCUT2D eigenvalue weighted by atomic mass is 32.2. The molecule has 2 aromatic rings. The van der Waals surface area contributed by atoms with Crippen LogP contribution >= 0.6 is 0 Å². The third-order valence-corrected chi connectivity index (χ3v) is 7.40. The zero-order chi connectivity index (χ0) is 26.7. The number of halogens is 4. The first kappa shape index (κ1) is 26.6. The number of pyridine rings is 1. The Morgan fingerprint density at radius 3 is 2.59 bits per heavy atom. The maximum atomic E-state index is 15.1. The molecule has 2 aliphatic heterocycles. The molecule has 0 radical (unpaired) electrons. The summed E-state index contributed by atoms with van der Waals surface area (Å²) in [5.74, 6) is -3.53. The van der Waals surface area contributed by atoms with E-state index >= 15 is 8.78 Å². The molecular formula is C21H22F4N6O5S. The van der Waals surface area contributed by atoms with Crippen molar-refractivity contribution in [3.05, 3.63) is 48.3 Å². The largest absolute Gasteiger partial charge is 0.442 e. The van der Waals surface area contributed by atoms with Gasteiger partial charge in [-0.25, -0.2) is 27.4 Å². The number of benzene rings is 1. The summed E-state index contributed by atoms with van der Waals surface area (Å²) in [6.45, 7) is -0.656. The molecule has 2 aliphatic rings. The number of nitrogens with one attached hydrogen (secondary N) is 2. The predicted molar refractivity (Wildman–Crippen MR) is 121 cm³/mol. The molecule has 2 amide bonds. The van der Waals surface area contributed by atoms with Crippen LogP contribution in [-0.4, -0.2) is 81.6 Å². The summed E-state index contributed by atoms with van der Waals surface area (Å²) in [7, 11) is -3.94. The van der Waals surface area contributed by atoms with Gasteiger partial charge in [0.25, 0.3) is 15.9 Å². The van der Waals surface area contributed by atoms with Crippen LogP contribution < -0.4 is 20.5 Å². The molecule has 11 nitrogen and oxygen atoms in total. The van der Waals surface area contributed by atoms with Crippen LogP contribution in [0.15, 0.2) is 41.6 Å². The van der Waals surface area contributed by atoms with E-state index in [4.69, 9.17) is 4.74 Å². The van der Waals surface area contributed by atoms with Crippen LogP contribution in [0.3, 0.4) is 0 Å². The number of hydrazine groups is 1. The van der Waals surface area contributed by atoms with Gasteiger partial charge in [-0.05, 0) is 12.1 Å². The average Bonchev–Trinajstić information content (AvgIpc) is 3.06. The van der Waals surface area contributed by atoms with Gasteiger partial charge in [-0.2, -0.15) is 8.78 Å². The lowest BCUT2D eigenvalue weighted by molar-refractivity contribution is -0.132. The summed E-state index contributed by atoms with van der Waals surface area (Å²) in [4.78, 5) is 29.2. The Bertz CT molecular complexity index is 1250. The molecule has 1 aromatic heterocycles. The lowest BCUT2D eigenvalue weighted by atomic mass is 10.2. The molecule has 0 bridgehead atoms. The monoisotopic (exact) mass is 546 g/mol. The van der Waals surface area contributed by atoms with Gasteiger partial charge in [0.1, 0.15) is 16.7 Å². The number of hydrogen-bond acceptors (Lipinski definition) is 8. The Morgan fingerprint density at radius 2 is 1.95 bits per heavy atom. The van der Waals surface area contributed by atoms with Gasteiger partial charge in [-0.1, -0.05) is 0 Å². The fourth-order valence-electron chi connectivity index (χ4n) is 3.91. The standard InChI is InChI=1S/C21H22F4N6O5S/c22-16-8-13(30-12-14(36-21(30)33)10-27-20(32)19(24)25)9-17(23)18(16)29-5-4-28-31(7-6-29)37(34,35)15-2-1-3-26-11-15/h1-3,8-9,11,14,19,28H,4-7,10,12H2,(H,27,32)/t14-/m0/s1. The number of sulfonamides is 1. The quantitative estimate of drug-likeness (QED) is 0.495. The first-order chi connectivity index (χ1) is 17.6. The van der Waals surface area contributed by atoms with Gasteiger partial charge in [-0.15, -0.1) is 4.41 Å². The third kappa shape index (κ3) is 5.75. The van der Waals surface area contributed by atoms with Gasteiger partial charge in [0, 0.05) is 50.7 Å². The van der Waals surface area contributed by atoms with E-state index in [1.165, 1.54) is 29.4 Å². The molecule has 37 heavy (non-hydrogen) atoms. The van der Waals surface area contributed by atoms with Gasteiger partial charge in [0.05, 0.1) is 18.8 Å². The van der Waals surface area contributed by atoms with Crippen molar-refractivity contribution < 1.29 is 40.3 Å². The Balaban J connectivity index is 1.45. The maximum Gasteiger partial charge on any atom is 0.414 e. The highest BCUT2D eigenvalue weighted by molar-refractivity contribution is 7.89. The van der Waals surface area contributed by atoms with Gasteiger partial charge in [0.2, 0.25) is 0 Å². The molecule has 1 atom stereocenters. The van der Waals surface area contributed by atoms with Gasteiger partial charge in [0.15, 0.2) is 11.6 Å². The number of carbonyl (C=O) groups is 2. The minimum absolute atomic E-state index is 0.0396.